The number of benzene rings is 2. The van der Waals surface area contributed by atoms with Crippen LogP contribution in [-0.4, -0.2) is 17.5 Å². The lowest BCUT2D eigenvalue weighted by atomic mass is 10.2. The first-order valence-electron chi connectivity index (χ1n) is 6.85. The van der Waals surface area contributed by atoms with Crippen molar-refractivity contribution >= 4 is 5.91 Å². The van der Waals surface area contributed by atoms with Gasteiger partial charge in [0.15, 0.2) is 0 Å². The van der Waals surface area contributed by atoms with Gasteiger partial charge in [0.2, 0.25) is 0 Å². The molecule has 0 atom stereocenters. The van der Waals surface area contributed by atoms with Gasteiger partial charge in [0.05, 0.1) is 0 Å². The summed E-state index contributed by atoms with van der Waals surface area (Å²) in [5.41, 5.74) is 1.70. The van der Waals surface area contributed by atoms with Gasteiger partial charge in [-0.3, -0.25) is 9.63 Å². The molecular weight excluding hydrogens is 250 g/mol. The lowest BCUT2D eigenvalue weighted by Gasteiger charge is -2.21. The molecule has 0 heterocycles. The quantitative estimate of drug-likeness (QED) is 0.749. The van der Waals surface area contributed by atoms with Gasteiger partial charge in [0, 0.05) is 12.1 Å². The Morgan fingerprint density at radius 2 is 1.60 bits per heavy atom. The number of hydrogen-bond donors (Lipinski definition) is 0. The summed E-state index contributed by atoms with van der Waals surface area (Å²) >= 11 is 0. The number of nitrogens with zero attached hydrogens (tertiary/aromatic N) is 1. The molecule has 20 heavy (non-hydrogen) atoms. The first-order chi connectivity index (χ1) is 9.81. The van der Waals surface area contributed by atoms with Crippen molar-refractivity contribution in [2.24, 2.45) is 0 Å². The van der Waals surface area contributed by atoms with Crippen LogP contribution in [0.5, 0.6) is 0 Å². The summed E-state index contributed by atoms with van der Waals surface area (Å²) in [5.74, 6) is -0.0941. The van der Waals surface area contributed by atoms with Crippen molar-refractivity contribution in [2.45, 2.75) is 20.0 Å². The molecule has 0 fully saturated rings. The smallest absolute Gasteiger partial charge is 0.267 e. The van der Waals surface area contributed by atoms with Crippen molar-refractivity contribution in [3.63, 3.8) is 0 Å². The van der Waals surface area contributed by atoms with Gasteiger partial charge in [-0.05, 0) is 24.1 Å². The van der Waals surface area contributed by atoms with E-state index in [-0.39, 0.29) is 5.91 Å². The van der Waals surface area contributed by atoms with E-state index in [4.69, 9.17) is 4.84 Å². The van der Waals surface area contributed by atoms with Gasteiger partial charge < -0.3 is 0 Å². The highest BCUT2D eigenvalue weighted by molar-refractivity contribution is 5.93. The van der Waals surface area contributed by atoms with Gasteiger partial charge in [-0.2, -0.15) is 0 Å². The van der Waals surface area contributed by atoms with Crippen LogP contribution in [0.4, 0.5) is 0 Å². The van der Waals surface area contributed by atoms with Gasteiger partial charge in [0.1, 0.15) is 6.61 Å². The predicted octanol–water partition coefficient (Wildman–Crippen LogP) is 3.67. The van der Waals surface area contributed by atoms with E-state index in [1.54, 1.807) is 12.1 Å². The molecule has 0 bridgehead atoms. The minimum atomic E-state index is -0.0941. The third-order valence-corrected chi connectivity index (χ3v) is 2.90. The van der Waals surface area contributed by atoms with E-state index in [2.05, 4.69) is 0 Å². The molecule has 0 radical (unpaired) electrons. The number of hydroxylamine groups is 2. The van der Waals surface area contributed by atoms with Gasteiger partial charge in [-0.25, -0.2) is 5.06 Å². The molecule has 0 aliphatic heterocycles. The standard InChI is InChI=1S/C17H19NO2/c1-2-13-18(17(19)16-11-7-4-8-12-16)20-14-15-9-5-3-6-10-15/h3-12H,2,13-14H2,1H3. The van der Waals surface area contributed by atoms with Crippen LogP contribution in [0.1, 0.15) is 29.3 Å². The fraction of sp³-hybridized carbons (Fsp3) is 0.235. The molecule has 0 saturated heterocycles. The summed E-state index contributed by atoms with van der Waals surface area (Å²) < 4.78 is 0. The van der Waals surface area contributed by atoms with Crippen LogP contribution < -0.4 is 0 Å². The SMILES string of the molecule is CCCN(OCc1ccccc1)C(=O)c1ccccc1. The molecule has 2 aromatic rings. The second kappa shape index (κ2) is 7.46. The summed E-state index contributed by atoms with van der Waals surface area (Å²) in [6, 6.07) is 19.1. The molecule has 0 saturated carbocycles. The zero-order valence-corrected chi connectivity index (χ0v) is 11.7. The second-order valence-corrected chi connectivity index (χ2v) is 4.53. The Morgan fingerprint density at radius 3 is 2.20 bits per heavy atom. The average molecular weight is 269 g/mol. The van der Waals surface area contributed by atoms with Gasteiger partial charge in [0.25, 0.3) is 5.91 Å². The molecule has 0 N–H and O–H groups in total. The number of hydrogen-bond acceptors (Lipinski definition) is 2. The van der Waals surface area contributed by atoms with Crippen molar-refractivity contribution in [3.8, 4) is 0 Å². The normalized spacial score (nSPS) is 10.2. The Labute approximate surface area is 119 Å². The summed E-state index contributed by atoms with van der Waals surface area (Å²) in [7, 11) is 0. The van der Waals surface area contributed by atoms with Crippen LogP contribution in [0.15, 0.2) is 60.7 Å². The average Bonchev–Trinajstić information content (AvgIpc) is 2.52. The monoisotopic (exact) mass is 269 g/mol. The molecule has 0 aliphatic rings. The molecule has 3 nitrogen and oxygen atoms in total. The number of amides is 1. The fourth-order valence-corrected chi connectivity index (χ4v) is 1.88. The Hall–Kier alpha value is -2.13. The molecule has 104 valence electrons. The maximum absolute atomic E-state index is 12.4. The zero-order valence-electron chi connectivity index (χ0n) is 11.7. The third-order valence-electron chi connectivity index (χ3n) is 2.90. The van der Waals surface area contributed by atoms with Gasteiger partial charge in [-0.1, -0.05) is 55.5 Å². The summed E-state index contributed by atoms with van der Waals surface area (Å²) in [6.45, 7) is 3.01. The maximum Gasteiger partial charge on any atom is 0.277 e. The second-order valence-electron chi connectivity index (χ2n) is 4.53. The van der Waals surface area contributed by atoms with E-state index >= 15 is 0 Å². The van der Waals surface area contributed by atoms with Crippen LogP contribution in [0.3, 0.4) is 0 Å². The van der Waals surface area contributed by atoms with E-state index in [1.165, 1.54) is 5.06 Å². The molecule has 0 spiro atoms. The number of carbonyl (C=O) groups excluding carboxylic acids is 1. The van der Waals surface area contributed by atoms with E-state index in [0.717, 1.165) is 12.0 Å². The van der Waals surface area contributed by atoms with Crippen molar-refractivity contribution in [3.05, 3.63) is 71.8 Å². The Bertz CT molecular complexity index is 525. The number of rotatable bonds is 6. The van der Waals surface area contributed by atoms with E-state index in [1.807, 2.05) is 55.5 Å². The van der Waals surface area contributed by atoms with Crippen LogP contribution in [0, 0.1) is 0 Å². The largest absolute Gasteiger partial charge is 0.277 e. The van der Waals surface area contributed by atoms with Gasteiger partial charge >= 0.3 is 0 Å². The molecule has 2 aromatic carbocycles. The molecule has 0 aliphatic carbocycles. The zero-order chi connectivity index (χ0) is 14.2. The van der Waals surface area contributed by atoms with Crippen molar-refractivity contribution < 1.29 is 9.63 Å². The first kappa shape index (κ1) is 14.3. The highest BCUT2D eigenvalue weighted by Gasteiger charge is 2.15. The Kier molecular flexibility index (Phi) is 5.33. The Balaban J connectivity index is 2.02. The molecule has 0 aromatic heterocycles. The van der Waals surface area contributed by atoms with Crippen molar-refractivity contribution in [1.29, 1.82) is 0 Å². The molecule has 2 rings (SSSR count). The van der Waals surface area contributed by atoms with Gasteiger partial charge in [-0.15, -0.1) is 0 Å². The summed E-state index contributed by atoms with van der Waals surface area (Å²) in [4.78, 5) is 18.0. The van der Waals surface area contributed by atoms with Crippen LogP contribution in [0.25, 0.3) is 0 Å². The fourth-order valence-electron chi connectivity index (χ4n) is 1.88. The lowest BCUT2D eigenvalue weighted by molar-refractivity contribution is -0.133. The summed E-state index contributed by atoms with van der Waals surface area (Å²) in [5, 5.41) is 1.45. The molecule has 1 amide bonds. The maximum atomic E-state index is 12.4. The topological polar surface area (TPSA) is 29.5 Å². The minimum absolute atomic E-state index is 0.0941. The Morgan fingerprint density at radius 1 is 1.00 bits per heavy atom. The highest BCUT2D eigenvalue weighted by atomic mass is 16.7. The van der Waals surface area contributed by atoms with Crippen molar-refractivity contribution in [2.75, 3.05) is 6.54 Å². The molecule has 3 heteroatoms. The third kappa shape index (κ3) is 3.93. The first-order valence-corrected chi connectivity index (χ1v) is 6.85. The van der Waals surface area contributed by atoms with Crippen LogP contribution in [0.2, 0.25) is 0 Å². The van der Waals surface area contributed by atoms with E-state index < -0.39 is 0 Å². The van der Waals surface area contributed by atoms with Crippen LogP contribution in [-0.2, 0) is 11.4 Å². The minimum Gasteiger partial charge on any atom is -0.267 e. The van der Waals surface area contributed by atoms with E-state index in [0.29, 0.717) is 18.7 Å². The predicted molar refractivity (Wildman–Crippen MR) is 79.0 cm³/mol. The van der Waals surface area contributed by atoms with Crippen LogP contribution >= 0.6 is 0 Å². The van der Waals surface area contributed by atoms with E-state index in [9.17, 15) is 4.79 Å². The van der Waals surface area contributed by atoms with Crippen molar-refractivity contribution in [1.82, 2.24) is 5.06 Å². The summed E-state index contributed by atoms with van der Waals surface area (Å²) in [6.07, 6.45) is 0.855. The lowest BCUT2D eigenvalue weighted by Crippen LogP contribution is -2.31. The highest BCUT2D eigenvalue weighted by Crippen LogP contribution is 2.09. The molecular formula is C17H19NO2. The molecule has 0 unspecified atom stereocenters. The number of carbonyl (C=O) groups is 1.